The summed E-state index contributed by atoms with van der Waals surface area (Å²) in [4.78, 5) is 35.2. The van der Waals surface area contributed by atoms with Gasteiger partial charge in [-0.25, -0.2) is 9.78 Å². The molecule has 0 unspecified atom stereocenters. The molecule has 0 saturated carbocycles. The number of thiazole rings is 1. The zero-order valence-electron chi connectivity index (χ0n) is 20.0. The van der Waals surface area contributed by atoms with Crippen LogP contribution in [0.4, 0.5) is 0 Å². The summed E-state index contributed by atoms with van der Waals surface area (Å²) >= 11 is 1.47. The molecular formula is C28H27N3O3S. The number of amides is 1. The number of benzene rings is 1. The highest BCUT2D eigenvalue weighted by Gasteiger charge is 2.46. The van der Waals surface area contributed by atoms with Crippen molar-refractivity contribution >= 4 is 28.8 Å². The number of hydrogen-bond acceptors (Lipinski definition) is 5. The van der Waals surface area contributed by atoms with Crippen LogP contribution in [0.15, 0.2) is 71.9 Å². The number of nitrogens with zero attached hydrogens (tertiary/aromatic N) is 3. The summed E-state index contributed by atoms with van der Waals surface area (Å²) in [5.41, 5.74) is 4.87. The zero-order valence-corrected chi connectivity index (χ0v) is 20.8. The summed E-state index contributed by atoms with van der Waals surface area (Å²) in [6.45, 7) is 7.83. The van der Waals surface area contributed by atoms with E-state index in [-0.39, 0.29) is 22.3 Å². The van der Waals surface area contributed by atoms with Crippen LogP contribution in [-0.4, -0.2) is 44.9 Å². The Hall–Kier alpha value is -3.58. The number of pyridine rings is 1. The van der Waals surface area contributed by atoms with Crippen LogP contribution in [0.1, 0.15) is 53.6 Å². The highest BCUT2D eigenvalue weighted by Crippen LogP contribution is 2.55. The number of carbonyl (C=O) groups excluding carboxylic acids is 1. The largest absolute Gasteiger partial charge is 0.478 e. The van der Waals surface area contributed by atoms with Gasteiger partial charge in [0, 0.05) is 47.3 Å². The fourth-order valence-electron chi connectivity index (χ4n) is 5.52. The Bertz CT molecular complexity index is 1360. The molecule has 1 amide bonds. The average molecular weight is 486 g/mol. The van der Waals surface area contributed by atoms with Crippen molar-refractivity contribution in [1.29, 1.82) is 0 Å². The highest BCUT2D eigenvalue weighted by molar-refractivity contribution is 7.13. The third-order valence-electron chi connectivity index (χ3n) is 7.19. The molecule has 5 rings (SSSR count). The van der Waals surface area contributed by atoms with E-state index in [1.807, 2.05) is 34.5 Å². The highest BCUT2D eigenvalue weighted by atomic mass is 32.1. The second-order valence-electron chi connectivity index (χ2n) is 9.97. The van der Waals surface area contributed by atoms with Crippen molar-refractivity contribution in [2.75, 3.05) is 13.1 Å². The first-order valence-electron chi connectivity index (χ1n) is 11.6. The molecule has 0 spiro atoms. The van der Waals surface area contributed by atoms with Crippen LogP contribution in [0.25, 0.3) is 16.1 Å². The van der Waals surface area contributed by atoms with Gasteiger partial charge in [0.15, 0.2) is 0 Å². The second-order valence-corrected chi connectivity index (χ2v) is 10.8. The molecule has 178 valence electrons. The smallest absolute Gasteiger partial charge is 0.335 e. The van der Waals surface area contributed by atoms with Crippen molar-refractivity contribution in [3.05, 3.63) is 88.7 Å². The minimum absolute atomic E-state index is 0.0464. The molecule has 1 aromatic carbocycles. The molecule has 3 aromatic rings. The van der Waals surface area contributed by atoms with E-state index >= 15 is 0 Å². The summed E-state index contributed by atoms with van der Waals surface area (Å²) < 4.78 is 0. The normalized spacial score (nSPS) is 21.1. The number of carboxylic acid groups (broad SMARTS) is 1. The lowest BCUT2D eigenvalue weighted by Gasteiger charge is -2.50. The van der Waals surface area contributed by atoms with E-state index in [0.717, 1.165) is 22.6 Å². The second kappa shape index (κ2) is 8.57. The number of aromatic nitrogens is 2. The molecule has 1 atom stereocenters. The standard InChI is InChI=1S/C28H27N3O3S/c1-27(2)21(18-4-6-20(7-5-18)26(33)34)8-12-28(3)17-31(15-11-23(27)28)25(32)22-16-35-24(30-22)19-9-13-29-14-10-19/h4-11,13-14,16H,12,15,17H2,1-3H3,(H,33,34)/t28-/m1/s1. The summed E-state index contributed by atoms with van der Waals surface area (Å²) in [6, 6.07) is 10.9. The number of rotatable bonds is 4. The first-order chi connectivity index (χ1) is 16.7. The van der Waals surface area contributed by atoms with E-state index < -0.39 is 5.97 Å². The van der Waals surface area contributed by atoms with E-state index in [1.54, 1.807) is 24.5 Å². The number of hydrogen-bond donors (Lipinski definition) is 1. The van der Waals surface area contributed by atoms with Crippen LogP contribution < -0.4 is 0 Å². The van der Waals surface area contributed by atoms with Gasteiger partial charge in [0.1, 0.15) is 10.7 Å². The van der Waals surface area contributed by atoms with Gasteiger partial charge in [0.25, 0.3) is 5.91 Å². The minimum Gasteiger partial charge on any atom is -0.478 e. The maximum absolute atomic E-state index is 13.4. The van der Waals surface area contributed by atoms with E-state index in [0.29, 0.717) is 18.8 Å². The Morgan fingerprint density at radius 1 is 1.00 bits per heavy atom. The molecule has 0 saturated heterocycles. The number of aromatic carboxylic acids is 1. The summed E-state index contributed by atoms with van der Waals surface area (Å²) in [6.07, 6.45) is 8.72. The molecule has 0 bridgehead atoms. The third kappa shape index (κ3) is 4.10. The topological polar surface area (TPSA) is 83.4 Å². The van der Waals surface area contributed by atoms with Gasteiger partial charge in [-0.05, 0) is 41.8 Å². The predicted octanol–water partition coefficient (Wildman–Crippen LogP) is 5.81. The fraction of sp³-hybridized carbons (Fsp3) is 0.286. The molecule has 7 heteroatoms. The minimum atomic E-state index is -0.922. The van der Waals surface area contributed by atoms with Gasteiger partial charge in [-0.15, -0.1) is 11.3 Å². The van der Waals surface area contributed by atoms with Crippen LogP contribution in [0.3, 0.4) is 0 Å². The molecule has 35 heavy (non-hydrogen) atoms. The Labute approximate surface area is 208 Å². The lowest BCUT2D eigenvalue weighted by Crippen LogP contribution is -2.48. The number of allylic oxidation sites excluding steroid dienone is 2. The van der Waals surface area contributed by atoms with E-state index in [9.17, 15) is 14.7 Å². The van der Waals surface area contributed by atoms with Crippen molar-refractivity contribution in [2.24, 2.45) is 10.8 Å². The molecule has 0 radical (unpaired) electrons. The SMILES string of the molecule is CC1(C)C(c2ccc(C(=O)O)cc2)=CC[C@]2(C)CN(C(=O)c3csc(-c4ccncc4)n3)CC=C12. The zero-order chi connectivity index (χ0) is 24.8. The summed E-state index contributed by atoms with van der Waals surface area (Å²) in [5, 5.41) is 11.9. The Morgan fingerprint density at radius 3 is 2.40 bits per heavy atom. The van der Waals surface area contributed by atoms with Gasteiger partial charge in [-0.1, -0.05) is 50.6 Å². The van der Waals surface area contributed by atoms with E-state index in [2.05, 4.69) is 42.9 Å². The Balaban J connectivity index is 1.38. The maximum atomic E-state index is 13.4. The van der Waals surface area contributed by atoms with Crippen LogP contribution >= 0.6 is 11.3 Å². The van der Waals surface area contributed by atoms with Crippen molar-refractivity contribution in [3.8, 4) is 10.6 Å². The number of carbonyl (C=O) groups is 2. The first-order valence-corrected chi connectivity index (χ1v) is 12.5. The molecule has 1 aliphatic heterocycles. The van der Waals surface area contributed by atoms with Crippen molar-refractivity contribution in [3.63, 3.8) is 0 Å². The van der Waals surface area contributed by atoms with E-state index in [4.69, 9.17) is 0 Å². The van der Waals surface area contributed by atoms with Crippen LogP contribution in [-0.2, 0) is 0 Å². The van der Waals surface area contributed by atoms with Crippen LogP contribution in [0.5, 0.6) is 0 Å². The molecule has 1 N–H and O–H groups in total. The monoisotopic (exact) mass is 485 g/mol. The molecule has 2 aromatic heterocycles. The Morgan fingerprint density at radius 2 is 1.71 bits per heavy atom. The fourth-order valence-corrected chi connectivity index (χ4v) is 6.32. The lowest BCUT2D eigenvalue weighted by molar-refractivity contribution is 0.0674. The number of fused-ring (bicyclic) bond motifs is 1. The van der Waals surface area contributed by atoms with E-state index in [1.165, 1.54) is 22.5 Å². The molecule has 3 heterocycles. The van der Waals surface area contributed by atoms with Crippen LogP contribution in [0.2, 0.25) is 0 Å². The first kappa shape index (κ1) is 23.2. The molecule has 2 aliphatic rings. The van der Waals surface area contributed by atoms with Gasteiger partial charge < -0.3 is 10.0 Å². The maximum Gasteiger partial charge on any atom is 0.335 e. The van der Waals surface area contributed by atoms with Gasteiger partial charge in [0.05, 0.1) is 5.56 Å². The predicted molar refractivity (Wildman–Crippen MR) is 137 cm³/mol. The van der Waals surface area contributed by atoms with Crippen molar-refractivity contribution in [1.82, 2.24) is 14.9 Å². The molecule has 6 nitrogen and oxygen atoms in total. The van der Waals surface area contributed by atoms with Gasteiger partial charge >= 0.3 is 5.97 Å². The van der Waals surface area contributed by atoms with Gasteiger partial charge in [0.2, 0.25) is 0 Å². The quantitative estimate of drug-likeness (QED) is 0.472. The van der Waals surface area contributed by atoms with Crippen molar-refractivity contribution < 1.29 is 14.7 Å². The molecule has 1 aliphatic carbocycles. The Kier molecular flexibility index (Phi) is 5.68. The van der Waals surface area contributed by atoms with Crippen LogP contribution in [0, 0.1) is 10.8 Å². The van der Waals surface area contributed by atoms with Gasteiger partial charge in [-0.2, -0.15) is 0 Å². The summed E-state index contributed by atoms with van der Waals surface area (Å²) in [7, 11) is 0. The third-order valence-corrected chi connectivity index (χ3v) is 8.08. The lowest BCUT2D eigenvalue weighted by atomic mass is 9.58. The van der Waals surface area contributed by atoms with Crippen molar-refractivity contribution in [2.45, 2.75) is 27.2 Å². The average Bonchev–Trinajstić information content (AvgIpc) is 3.34. The number of carboxylic acids is 1. The summed E-state index contributed by atoms with van der Waals surface area (Å²) in [5.74, 6) is -0.969. The van der Waals surface area contributed by atoms with Gasteiger partial charge in [-0.3, -0.25) is 9.78 Å². The molecular weight excluding hydrogens is 458 g/mol. The molecule has 0 fully saturated rings.